The third-order valence-electron chi connectivity index (χ3n) is 3.77. The lowest BCUT2D eigenvalue weighted by Gasteiger charge is -2.23. The number of aromatic nitrogens is 1. The van der Waals surface area contributed by atoms with Crippen molar-refractivity contribution in [3.8, 4) is 11.3 Å². The molecule has 0 radical (unpaired) electrons. The van der Waals surface area contributed by atoms with E-state index in [1.165, 1.54) is 0 Å². The molecule has 1 aliphatic rings. The van der Waals surface area contributed by atoms with E-state index in [-0.39, 0.29) is 18.0 Å². The zero-order valence-electron chi connectivity index (χ0n) is 13.1. The van der Waals surface area contributed by atoms with Gasteiger partial charge in [-0.15, -0.1) is 11.3 Å². The minimum Gasteiger partial charge on any atom is -0.347 e. The molecular weight excluding hydrogens is 326 g/mol. The molecule has 1 saturated heterocycles. The second kappa shape index (κ2) is 7.95. The molecule has 6 heteroatoms. The van der Waals surface area contributed by atoms with Gasteiger partial charge in [0.1, 0.15) is 5.01 Å². The molecule has 2 unspecified atom stereocenters. The third-order valence-corrected chi connectivity index (χ3v) is 5.93. The average molecular weight is 348 g/mol. The topological polar surface area (TPSA) is 54.0 Å². The standard InChI is InChI=1S/C17H21N3OS2/c1-12(19-16(21)9-14-10-22-8-7-18-14)17-20-15(11-23-17)13-5-3-2-4-6-13/h2-6,11-12,14,18H,7-10H2,1H3,(H,19,21). The van der Waals surface area contributed by atoms with E-state index < -0.39 is 0 Å². The molecule has 0 saturated carbocycles. The van der Waals surface area contributed by atoms with E-state index in [2.05, 4.69) is 27.8 Å². The highest BCUT2D eigenvalue weighted by atomic mass is 32.2. The predicted molar refractivity (Wildman–Crippen MR) is 97.8 cm³/mol. The molecule has 1 aromatic heterocycles. The largest absolute Gasteiger partial charge is 0.347 e. The van der Waals surface area contributed by atoms with E-state index >= 15 is 0 Å². The molecule has 1 amide bonds. The summed E-state index contributed by atoms with van der Waals surface area (Å²) in [5, 5.41) is 9.46. The van der Waals surface area contributed by atoms with E-state index in [0.29, 0.717) is 6.42 Å². The van der Waals surface area contributed by atoms with E-state index in [1.807, 2.05) is 42.3 Å². The van der Waals surface area contributed by atoms with Gasteiger partial charge in [0.2, 0.25) is 5.91 Å². The Hall–Kier alpha value is -1.37. The Balaban J connectivity index is 1.56. The van der Waals surface area contributed by atoms with E-state index in [1.54, 1.807) is 11.3 Å². The van der Waals surface area contributed by atoms with Crippen LogP contribution in [0.2, 0.25) is 0 Å². The van der Waals surface area contributed by atoms with Crippen LogP contribution in [0.4, 0.5) is 0 Å². The smallest absolute Gasteiger partial charge is 0.222 e. The van der Waals surface area contributed by atoms with Crippen LogP contribution in [0.25, 0.3) is 11.3 Å². The maximum Gasteiger partial charge on any atom is 0.222 e. The van der Waals surface area contributed by atoms with Crippen molar-refractivity contribution in [3.63, 3.8) is 0 Å². The maximum atomic E-state index is 12.2. The van der Waals surface area contributed by atoms with Gasteiger partial charge in [-0.2, -0.15) is 11.8 Å². The molecule has 2 N–H and O–H groups in total. The fourth-order valence-corrected chi connectivity index (χ4v) is 4.35. The Kier molecular flexibility index (Phi) is 5.70. The minimum absolute atomic E-state index is 0.0544. The molecule has 0 aliphatic carbocycles. The van der Waals surface area contributed by atoms with Gasteiger partial charge in [-0.25, -0.2) is 4.98 Å². The lowest BCUT2D eigenvalue weighted by atomic mass is 10.2. The Morgan fingerprint density at radius 1 is 1.43 bits per heavy atom. The van der Waals surface area contributed by atoms with Crippen LogP contribution in [-0.4, -0.2) is 35.0 Å². The summed E-state index contributed by atoms with van der Waals surface area (Å²) in [5.41, 5.74) is 2.08. The summed E-state index contributed by atoms with van der Waals surface area (Å²) in [6, 6.07) is 10.3. The van der Waals surface area contributed by atoms with Crippen LogP contribution in [0, 0.1) is 0 Å². The lowest BCUT2D eigenvalue weighted by molar-refractivity contribution is -0.122. The monoisotopic (exact) mass is 347 g/mol. The molecule has 1 aromatic carbocycles. The molecule has 2 heterocycles. The average Bonchev–Trinajstić information content (AvgIpc) is 3.06. The first-order valence-electron chi connectivity index (χ1n) is 7.83. The number of carbonyl (C=O) groups excluding carboxylic acids is 1. The van der Waals surface area contributed by atoms with Crippen molar-refractivity contribution in [2.24, 2.45) is 0 Å². The molecule has 1 fully saturated rings. The van der Waals surface area contributed by atoms with Gasteiger partial charge in [0, 0.05) is 41.5 Å². The minimum atomic E-state index is -0.0544. The number of rotatable bonds is 5. The van der Waals surface area contributed by atoms with Crippen molar-refractivity contribution in [2.75, 3.05) is 18.1 Å². The van der Waals surface area contributed by atoms with Crippen molar-refractivity contribution in [3.05, 3.63) is 40.7 Å². The molecule has 1 aliphatic heterocycles. The summed E-state index contributed by atoms with van der Waals surface area (Å²) in [7, 11) is 0. The number of hydrogen-bond acceptors (Lipinski definition) is 5. The van der Waals surface area contributed by atoms with E-state index in [0.717, 1.165) is 34.3 Å². The van der Waals surface area contributed by atoms with Gasteiger partial charge in [0.15, 0.2) is 0 Å². The van der Waals surface area contributed by atoms with E-state index in [4.69, 9.17) is 0 Å². The highest BCUT2D eigenvalue weighted by molar-refractivity contribution is 7.99. The quantitative estimate of drug-likeness (QED) is 0.873. The summed E-state index contributed by atoms with van der Waals surface area (Å²) in [6.07, 6.45) is 0.536. The third kappa shape index (κ3) is 4.56. The number of amides is 1. The molecular formula is C17H21N3OS2. The van der Waals surface area contributed by atoms with Gasteiger partial charge in [0.25, 0.3) is 0 Å². The van der Waals surface area contributed by atoms with Gasteiger partial charge in [-0.3, -0.25) is 4.79 Å². The molecule has 3 rings (SSSR count). The van der Waals surface area contributed by atoms with Crippen LogP contribution < -0.4 is 10.6 Å². The second-order valence-corrected chi connectivity index (χ2v) is 7.70. The number of hydrogen-bond donors (Lipinski definition) is 2. The van der Waals surface area contributed by atoms with Crippen molar-refractivity contribution in [2.45, 2.75) is 25.4 Å². The summed E-state index contributed by atoms with van der Waals surface area (Å²) in [6.45, 7) is 2.99. The Bertz CT molecular complexity index is 638. The fourth-order valence-electron chi connectivity index (χ4n) is 2.56. The number of nitrogens with one attached hydrogen (secondary N) is 2. The lowest BCUT2D eigenvalue weighted by Crippen LogP contribution is -2.41. The van der Waals surface area contributed by atoms with Crippen LogP contribution in [0.1, 0.15) is 24.4 Å². The first-order valence-corrected chi connectivity index (χ1v) is 9.87. The SMILES string of the molecule is CC(NC(=O)CC1CSCCN1)c1nc(-c2ccccc2)cs1. The van der Waals surface area contributed by atoms with Crippen LogP contribution in [0.15, 0.2) is 35.7 Å². The first kappa shape index (κ1) is 16.5. The summed E-state index contributed by atoms with van der Waals surface area (Å²) in [4.78, 5) is 16.9. The van der Waals surface area contributed by atoms with Gasteiger partial charge < -0.3 is 10.6 Å². The molecule has 2 aromatic rings. The van der Waals surface area contributed by atoms with E-state index in [9.17, 15) is 4.79 Å². The summed E-state index contributed by atoms with van der Waals surface area (Å²) in [5.74, 6) is 2.24. The molecule has 0 spiro atoms. The molecule has 2 atom stereocenters. The highest BCUT2D eigenvalue weighted by Crippen LogP contribution is 2.25. The van der Waals surface area contributed by atoms with Crippen molar-refractivity contribution in [1.82, 2.24) is 15.6 Å². The Morgan fingerprint density at radius 3 is 3.00 bits per heavy atom. The summed E-state index contributed by atoms with van der Waals surface area (Å²) >= 11 is 3.50. The number of thiazole rings is 1. The Morgan fingerprint density at radius 2 is 2.26 bits per heavy atom. The Labute approximate surface area is 145 Å². The zero-order chi connectivity index (χ0) is 16.1. The second-order valence-electron chi connectivity index (χ2n) is 5.66. The molecule has 0 bridgehead atoms. The zero-order valence-corrected chi connectivity index (χ0v) is 14.8. The van der Waals surface area contributed by atoms with Crippen molar-refractivity contribution in [1.29, 1.82) is 0 Å². The number of carbonyl (C=O) groups is 1. The molecule has 4 nitrogen and oxygen atoms in total. The fraction of sp³-hybridized carbons (Fsp3) is 0.412. The predicted octanol–water partition coefficient (Wildman–Crippen LogP) is 3.08. The van der Waals surface area contributed by atoms with Crippen LogP contribution >= 0.6 is 23.1 Å². The molecule has 23 heavy (non-hydrogen) atoms. The van der Waals surface area contributed by atoms with Gasteiger partial charge in [-0.05, 0) is 6.92 Å². The van der Waals surface area contributed by atoms with Crippen LogP contribution in [0.3, 0.4) is 0 Å². The molecule has 122 valence electrons. The van der Waals surface area contributed by atoms with Gasteiger partial charge >= 0.3 is 0 Å². The first-order chi connectivity index (χ1) is 11.2. The number of benzene rings is 1. The van der Waals surface area contributed by atoms with Gasteiger partial charge in [-0.1, -0.05) is 30.3 Å². The highest BCUT2D eigenvalue weighted by Gasteiger charge is 2.19. The van der Waals surface area contributed by atoms with Crippen molar-refractivity contribution >= 4 is 29.0 Å². The van der Waals surface area contributed by atoms with Crippen LogP contribution in [0.5, 0.6) is 0 Å². The van der Waals surface area contributed by atoms with Gasteiger partial charge in [0.05, 0.1) is 11.7 Å². The van der Waals surface area contributed by atoms with Crippen LogP contribution in [-0.2, 0) is 4.79 Å². The van der Waals surface area contributed by atoms with Crippen molar-refractivity contribution < 1.29 is 4.79 Å². The normalized spacial score (nSPS) is 19.3. The number of thioether (sulfide) groups is 1. The summed E-state index contributed by atoms with van der Waals surface area (Å²) < 4.78 is 0. The number of nitrogens with zero attached hydrogens (tertiary/aromatic N) is 1. The maximum absolute atomic E-state index is 12.2.